The van der Waals surface area contributed by atoms with Gasteiger partial charge in [-0.1, -0.05) is 0 Å². The highest BCUT2D eigenvalue weighted by molar-refractivity contribution is 5.85. The van der Waals surface area contributed by atoms with Gasteiger partial charge in [0.1, 0.15) is 5.60 Å². The highest BCUT2D eigenvalue weighted by Crippen LogP contribution is 2.18. The van der Waals surface area contributed by atoms with E-state index in [4.69, 9.17) is 10.5 Å². The number of fused-ring (bicyclic) bond motifs is 1. The molecule has 1 aliphatic heterocycles. The first kappa shape index (κ1) is 14.6. The number of carbonyl (C=O) groups is 1. The molecule has 0 bridgehead atoms. The van der Waals surface area contributed by atoms with Crippen LogP contribution in [0.2, 0.25) is 0 Å². The number of amides is 1. The number of halogens is 1. The van der Waals surface area contributed by atoms with E-state index in [1.54, 1.807) is 11.1 Å². The Morgan fingerprint density at radius 2 is 2.11 bits per heavy atom. The molecule has 0 spiro atoms. The van der Waals surface area contributed by atoms with Crippen molar-refractivity contribution in [1.29, 1.82) is 0 Å². The van der Waals surface area contributed by atoms with E-state index in [1.807, 2.05) is 25.3 Å². The number of nitrogens with zero attached hydrogens (tertiary/aromatic N) is 3. The zero-order chi connectivity index (χ0) is 12.6. The molecule has 2 N–H and O–H groups in total. The van der Waals surface area contributed by atoms with Crippen LogP contribution in [0.15, 0.2) is 6.20 Å². The van der Waals surface area contributed by atoms with Gasteiger partial charge in [-0.05, 0) is 20.8 Å². The maximum absolute atomic E-state index is 11.9. The van der Waals surface area contributed by atoms with Gasteiger partial charge in [0.15, 0.2) is 5.95 Å². The van der Waals surface area contributed by atoms with E-state index in [0.717, 1.165) is 5.69 Å². The fourth-order valence-corrected chi connectivity index (χ4v) is 1.79. The molecule has 0 saturated heterocycles. The lowest BCUT2D eigenvalue weighted by Gasteiger charge is -2.30. The Morgan fingerprint density at radius 3 is 2.72 bits per heavy atom. The molecule has 1 aromatic rings. The van der Waals surface area contributed by atoms with Gasteiger partial charge in [0.2, 0.25) is 0 Å². The van der Waals surface area contributed by atoms with Crippen molar-refractivity contribution < 1.29 is 9.53 Å². The highest BCUT2D eigenvalue weighted by Gasteiger charge is 2.26. The SMILES string of the molecule is CC(C)(C)OC(=O)N1CCn2c(cnc2N)C1.Cl. The molecule has 1 amide bonds. The average molecular weight is 275 g/mol. The molecule has 0 aromatic carbocycles. The molecule has 18 heavy (non-hydrogen) atoms. The summed E-state index contributed by atoms with van der Waals surface area (Å²) in [6.45, 7) is 7.34. The molecular weight excluding hydrogens is 256 g/mol. The smallest absolute Gasteiger partial charge is 0.410 e. The van der Waals surface area contributed by atoms with Gasteiger partial charge in [-0.3, -0.25) is 0 Å². The van der Waals surface area contributed by atoms with Crippen molar-refractivity contribution in [3.8, 4) is 0 Å². The van der Waals surface area contributed by atoms with Gasteiger partial charge in [-0.2, -0.15) is 0 Å². The van der Waals surface area contributed by atoms with Crippen molar-refractivity contribution >= 4 is 24.4 Å². The second kappa shape index (κ2) is 5.06. The Bertz CT molecular complexity index is 439. The molecule has 102 valence electrons. The summed E-state index contributed by atoms with van der Waals surface area (Å²) in [5.41, 5.74) is 6.18. The molecule has 0 aliphatic carbocycles. The molecule has 7 heteroatoms. The highest BCUT2D eigenvalue weighted by atomic mass is 35.5. The number of nitrogen functional groups attached to an aromatic ring is 1. The lowest BCUT2D eigenvalue weighted by molar-refractivity contribution is 0.0200. The maximum Gasteiger partial charge on any atom is 0.410 e. The summed E-state index contributed by atoms with van der Waals surface area (Å²) in [6.07, 6.45) is 1.41. The second-order valence-electron chi connectivity index (χ2n) is 5.16. The Kier molecular flexibility index (Phi) is 4.11. The van der Waals surface area contributed by atoms with Crippen LogP contribution >= 0.6 is 12.4 Å². The van der Waals surface area contributed by atoms with E-state index >= 15 is 0 Å². The molecule has 0 unspecified atom stereocenters. The summed E-state index contributed by atoms with van der Waals surface area (Å²) in [5, 5.41) is 0. The van der Waals surface area contributed by atoms with E-state index in [0.29, 0.717) is 25.6 Å². The monoisotopic (exact) mass is 274 g/mol. The fraction of sp³-hybridized carbons (Fsp3) is 0.636. The standard InChI is InChI=1S/C11H18N4O2.ClH/c1-11(2,3)17-10(16)14-4-5-15-8(7-14)6-13-9(15)12;/h6H,4-5,7H2,1-3H3,(H2,12,13);1H. The van der Waals surface area contributed by atoms with Crippen molar-refractivity contribution in [2.45, 2.75) is 39.5 Å². The predicted molar refractivity (Wildman–Crippen MR) is 70.5 cm³/mol. The Balaban J connectivity index is 0.00000162. The molecule has 2 heterocycles. The molecule has 0 fully saturated rings. The summed E-state index contributed by atoms with van der Waals surface area (Å²) in [6, 6.07) is 0. The Morgan fingerprint density at radius 1 is 1.44 bits per heavy atom. The summed E-state index contributed by atoms with van der Waals surface area (Å²) in [4.78, 5) is 17.6. The number of imidazole rings is 1. The molecule has 1 aliphatic rings. The minimum atomic E-state index is -0.464. The quantitative estimate of drug-likeness (QED) is 0.780. The van der Waals surface area contributed by atoms with Gasteiger partial charge < -0.3 is 19.9 Å². The van der Waals surface area contributed by atoms with Gasteiger partial charge in [-0.25, -0.2) is 9.78 Å². The number of hydrogen-bond donors (Lipinski definition) is 1. The Labute approximate surface area is 113 Å². The number of ether oxygens (including phenoxy) is 1. The molecule has 2 rings (SSSR count). The van der Waals surface area contributed by atoms with Crippen molar-refractivity contribution in [2.24, 2.45) is 0 Å². The predicted octanol–water partition coefficient (Wildman–Crippen LogP) is 1.64. The van der Waals surface area contributed by atoms with Crippen LogP contribution in [-0.2, 0) is 17.8 Å². The lowest BCUT2D eigenvalue weighted by atomic mass is 10.2. The number of nitrogens with two attached hydrogens (primary N) is 1. The molecule has 6 nitrogen and oxygen atoms in total. The summed E-state index contributed by atoms with van der Waals surface area (Å²) >= 11 is 0. The van der Waals surface area contributed by atoms with E-state index < -0.39 is 5.60 Å². The lowest BCUT2D eigenvalue weighted by Crippen LogP contribution is -2.41. The van der Waals surface area contributed by atoms with Crippen molar-refractivity contribution in [1.82, 2.24) is 14.5 Å². The largest absolute Gasteiger partial charge is 0.444 e. The van der Waals surface area contributed by atoms with E-state index in [9.17, 15) is 4.79 Å². The third-order valence-corrected chi connectivity index (χ3v) is 2.57. The maximum atomic E-state index is 11.9. The Hall–Kier alpha value is -1.43. The van der Waals surface area contributed by atoms with E-state index in [-0.39, 0.29) is 18.5 Å². The average Bonchev–Trinajstić information content (AvgIpc) is 2.57. The van der Waals surface area contributed by atoms with E-state index in [2.05, 4.69) is 4.98 Å². The normalized spacial score (nSPS) is 14.7. The first-order valence-corrected chi connectivity index (χ1v) is 5.64. The zero-order valence-electron chi connectivity index (χ0n) is 10.8. The number of aromatic nitrogens is 2. The van der Waals surface area contributed by atoms with Crippen LogP contribution in [0, 0.1) is 0 Å². The van der Waals surface area contributed by atoms with Crippen LogP contribution < -0.4 is 5.73 Å². The fourth-order valence-electron chi connectivity index (χ4n) is 1.79. The minimum Gasteiger partial charge on any atom is -0.444 e. The molecule has 0 radical (unpaired) electrons. The van der Waals surface area contributed by atoms with Gasteiger partial charge in [-0.15, -0.1) is 12.4 Å². The van der Waals surface area contributed by atoms with Crippen LogP contribution in [0.5, 0.6) is 0 Å². The van der Waals surface area contributed by atoms with E-state index in [1.165, 1.54) is 0 Å². The van der Waals surface area contributed by atoms with Crippen LogP contribution in [0.25, 0.3) is 0 Å². The third-order valence-electron chi connectivity index (χ3n) is 2.57. The zero-order valence-corrected chi connectivity index (χ0v) is 11.7. The van der Waals surface area contributed by atoms with Crippen molar-refractivity contribution in [3.63, 3.8) is 0 Å². The number of hydrogen-bond acceptors (Lipinski definition) is 4. The first-order chi connectivity index (χ1) is 7.87. The van der Waals surface area contributed by atoms with Gasteiger partial charge >= 0.3 is 6.09 Å². The topological polar surface area (TPSA) is 73.4 Å². The minimum absolute atomic E-state index is 0. The summed E-state index contributed by atoms with van der Waals surface area (Å²) in [7, 11) is 0. The molecule has 0 saturated carbocycles. The number of anilines is 1. The van der Waals surface area contributed by atoms with Crippen LogP contribution in [0.1, 0.15) is 26.5 Å². The van der Waals surface area contributed by atoms with Crippen LogP contribution in [0.4, 0.5) is 10.7 Å². The second-order valence-corrected chi connectivity index (χ2v) is 5.16. The summed E-state index contributed by atoms with van der Waals surface area (Å²) < 4.78 is 7.24. The first-order valence-electron chi connectivity index (χ1n) is 5.64. The number of rotatable bonds is 0. The van der Waals surface area contributed by atoms with Crippen LogP contribution in [-0.4, -0.2) is 32.7 Å². The van der Waals surface area contributed by atoms with Crippen molar-refractivity contribution in [2.75, 3.05) is 12.3 Å². The van der Waals surface area contributed by atoms with Gasteiger partial charge in [0.05, 0.1) is 18.4 Å². The summed E-state index contributed by atoms with van der Waals surface area (Å²) in [5.74, 6) is 0.504. The molecule has 1 aromatic heterocycles. The van der Waals surface area contributed by atoms with Crippen LogP contribution in [0.3, 0.4) is 0 Å². The third kappa shape index (κ3) is 3.07. The van der Waals surface area contributed by atoms with Crippen molar-refractivity contribution in [3.05, 3.63) is 11.9 Å². The molecular formula is C11H19ClN4O2. The van der Waals surface area contributed by atoms with Gasteiger partial charge in [0.25, 0.3) is 0 Å². The number of carbonyl (C=O) groups excluding carboxylic acids is 1. The van der Waals surface area contributed by atoms with Gasteiger partial charge in [0, 0.05) is 13.1 Å². The molecule has 0 atom stereocenters.